The van der Waals surface area contributed by atoms with E-state index in [0.29, 0.717) is 18.5 Å². The first kappa shape index (κ1) is 21.9. The van der Waals surface area contributed by atoms with Gasteiger partial charge in [-0.25, -0.2) is 9.37 Å². The van der Waals surface area contributed by atoms with E-state index in [2.05, 4.69) is 31.2 Å². The Balaban J connectivity index is 1.39. The second kappa shape index (κ2) is 8.85. The Morgan fingerprint density at radius 1 is 0.889 bits per heavy atom. The number of carbonyl (C=O) groups is 1. The zero-order chi connectivity index (χ0) is 24.6. The van der Waals surface area contributed by atoms with Gasteiger partial charge in [0.25, 0.3) is 0 Å². The average molecular weight is 476 g/mol. The number of halogens is 1. The Hall–Kier alpha value is -4.65. The molecule has 6 nitrogen and oxygen atoms in total. The van der Waals surface area contributed by atoms with Gasteiger partial charge >= 0.3 is 0 Å². The Bertz CT molecular complexity index is 1720. The van der Waals surface area contributed by atoms with Crippen LogP contribution in [0.25, 0.3) is 55.6 Å². The second-order valence-corrected chi connectivity index (χ2v) is 8.76. The summed E-state index contributed by atoms with van der Waals surface area (Å²) in [6, 6.07) is 20.5. The van der Waals surface area contributed by atoms with Crippen LogP contribution in [0.4, 0.5) is 4.39 Å². The van der Waals surface area contributed by atoms with Crippen molar-refractivity contribution in [2.75, 3.05) is 0 Å². The van der Waals surface area contributed by atoms with Crippen LogP contribution in [0.3, 0.4) is 0 Å². The molecule has 4 aromatic heterocycles. The summed E-state index contributed by atoms with van der Waals surface area (Å²) in [4.78, 5) is 24.2. The molecule has 0 amide bonds. The minimum Gasteiger partial charge on any atom is -0.353 e. The topological polar surface area (TPSA) is 87.3 Å². The molecule has 176 valence electrons. The van der Waals surface area contributed by atoms with Crippen LogP contribution >= 0.6 is 0 Å². The van der Waals surface area contributed by atoms with Crippen molar-refractivity contribution < 1.29 is 9.18 Å². The van der Waals surface area contributed by atoms with Gasteiger partial charge in [0.15, 0.2) is 5.65 Å². The first-order valence-electron chi connectivity index (χ1n) is 11.8. The van der Waals surface area contributed by atoms with Crippen LogP contribution in [0.15, 0.2) is 79.1 Å². The zero-order valence-electron chi connectivity index (χ0n) is 19.5. The van der Waals surface area contributed by atoms with Crippen molar-refractivity contribution in [2.45, 2.75) is 19.8 Å². The number of Topliss-reactive ketones (excluding diaryl/α,β-unsaturated/α-hetero) is 1. The quantitative estimate of drug-likeness (QED) is 0.288. The summed E-state index contributed by atoms with van der Waals surface area (Å²) in [5, 5.41) is 9.44. The second-order valence-electron chi connectivity index (χ2n) is 8.76. The summed E-state index contributed by atoms with van der Waals surface area (Å²) in [6.45, 7) is 1.86. The van der Waals surface area contributed by atoms with Gasteiger partial charge in [0.2, 0.25) is 0 Å². The number of aromatic amines is 2. The lowest BCUT2D eigenvalue weighted by molar-refractivity contribution is -0.118. The Labute approximate surface area is 206 Å². The molecule has 0 spiro atoms. The number of hydrogen-bond acceptors (Lipinski definition) is 4. The summed E-state index contributed by atoms with van der Waals surface area (Å²) in [6.07, 6.45) is 4.41. The minimum absolute atomic E-state index is 0.169. The summed E-state index contributed by atoms with van der Waals surface area (Å²) in [5.41, 5.74) is 7.86. The third kappa shape index (κ3) is 3.94. The van der Waals surface area contributed by atoms with Gasteiger partial charge in [0.05, 0.1) is 11.4 Å². The first-order chi connectivity index (χ1) is 17.6. The Morgan fingerprint density at radius 2 is 1.69 bits per heavy atom. The van der Waals surface area contributed by atoms with Crippen molar-refractivity contribution >= 4 is 27.7 Å². The van der Waals surface area contributed by atoms with Crippen molar-refractivity contribution in [1.82, 2.24) is 25.1 Å². The molecule has 0 aliphatic carbocycles. The molecule has 0 saturated heterocycles. The number of rotatable bonds is 6. The number of pyridine rings is 2. The standard InChI is InChI=1S/C29H22FN5O/c1-2-22(36)13-21-11-8-18(15-31-21)19-12-25-28(34-35-29(25)32-16-19)27-14-24-23(4-3-5-26(24)33-27)17-6-9-20(30)10-7-17/h3-12,14-16,33H,2,13H2,1H3,(H,32,34,35). The zero-order valence-corrected chi connectivity index (χ0v) is 19.5. The maximum absolute atomic E-state index is 13.5. The molecule has 0 radical (unpaired) electrons. The van der Waals surface area contributed by atoms with E-state index >= 15 is 0 Å². The van der Waals surface area contributed by atoms with E-state index in [4.69, 9.17) is 0 Å². The number of fused-ring (bicyclic) bond motifs is 2. The van der Waals surface area contributed by atoms with E-state index in [9.17, 15) is 9.18 Å². The lowest BCUT2D eigenvalue weighted by atomic mass is 10.0. The lowest BCUT2D eigenvalue weighted by Crippen LogP contribution is -2.02. The predicted octanol–water partition coefficient (Wildman–Crippen LogP) is 6.50. The monoisotopic (exact) mass is 475 g/mol. The molecular weight excluding hydrogens is 453 g/mol. The molecule has 7 heteroatoms. The van der Waals surface area contributed by atoms with Crippen LogP contribution in [-0.4, -0.2) is 30.9 Å². The SMILES string of the molecule is CCC(=O)Cc1ccc(-c2cnc3n[nH]c(-c4cc5c(-c6ccc(F)cc6)cccc5[nH]4)c3c2)cn1. The number of carbonyl (C=O) groups excluding carboxylic acids is 1. The van der Waals surface area contributed by atoms with E-state index in [0.717, 1.165) is 55.6 Å². The molecule has 0 fully saturated rings. The van der Waals surface area contributed by atoms with Gasteiger partial charge < -0.3 is 4.98 Å². The van der Waals surface area contributed by atoms with E-state index in [1.54, 1.807) is 24.5 Å². The van der Waals surface area contributed by atoms with Gasteiger partial charge in [0.1, 0.15) is 11.6 Å². The summed E-state index contributed by atoms with van der Waals surface area (Å²) < 4.78 is 13.5. The highest BCUT2D eigenvalue weighted by molar-refractivity contribution is 6.01. The van der Waals surface area contributed by atoms with Gasteiger partial charge in [-0.3, -0.25) is 14.9 Å². The molecule has 0 aliphatic rings. The van der Waals surface area contributed by atoms with Gasteiger partial charge in [-0.05, 0) is 47.5 Å². The molecule has 0 saturated carbocycles. The van der Waals surface area contributed by atoms with Crippen molar-refractivity contribution in [3.05, 3.63) is 90.6 Å². The summed E-state index contributed by atoms with van der Waals surface area (Å²) >= 11 is 0. The number of nitrogens with one attached hydrogen (secondary N) is 2. The van der Waals surface area contributed by atoms with Crippen LogP contribution in [0, 0.1) is 5.82 Å². The summed E-state index contributed by atoms with van der Waals surface area (Å²) in [7, 11) is 0. The molecular formula is C29H22FN5O. The third-order valence-corrected chi connectivity index (χ3v) is 6.43. The molecule has 0 aliphatic heterocycles. The number of nitrogens with zero attached hydrogens (tertiary/aromatic N) is 3. The van der Waals surface area contributed by atoms with Crippen molar-refractivity contribution in [3.63, 3.8) is 0 Å². The maximum atomic E-state index is 13.5. The number of aromatic nitrogens is 5. The van der Waals surface area contributed by atoms with Crippen LogP contribution in [0.5, 0.6) is 0 Å². The molecule has 2 aromatic carbocycles. The molecule has 0 bridgehead atoms. The van der Waals surface area contributed by atoms with Crippen molar-refractivity contribution in [3.8, 4) is 33.6 Å². The number of ketones is 1. The fourth-order valence-electron chi connectivity index (χ4n) is 4.46. The number of hydrogen-bond donors (Lipinski definition) is 2. The predicted molar refractivity (Wildman–Crippen MR) is 139 cm³/mol. The van der Waals surface area contributed by atoms with Crippen LogP contribution < -0.4 is 0 Å². The molecule has 6 aromatic rings. The largest absolute Gasteiger partial charge is 0.353 e. The molecule has 36 heavy (non-hydrogen) atoms. The summed E-state index contributed by atoms with van der Waals surface area (Å²) in [5.74, 6) is -0.0884. The Kier molecular flexibility index (Phi) is 5.37. The molecule has 4 heterocycles. The van der Waals surface area contributed by atoms with Crippen LogP contribution in [0.2, 0.25) is 0 Å². The number of benzene rings is 2. The minimum atomic E-state index is -0.257. The molecule has 0 unspecified atom stereocenters. The smallest absolute Gasteiger partial charge is 0.181 e. The molecule has 2 N–H and O–H groups in total. The van der Waals surface area contributed by atoms with Crippen molar-refractivity contribution in [1.29, 1.82) is 0 Å². The van der Waals surface area contributed by atoms with E-state index < -0.39 is 0 Å². The van der Waals surface area contributed by atoms with Gasteiger partial charge in [-0.15, -0.1) is 0 Å². The third-order valence-electron chi connectivity index (χ3n) is 6.43. The van der Waals surface area contributed by atoms with E-state index in [1.165, 1.54) is 12.1 Å². The van der Waals surface area contributed by atoms with E-state index in [-0.39, 0.29) is 11.6 Å². The highest BCUT2D eigenvalue weighted by Crippen LogP contribution is 2.34. The first-order valence-corrected chi connectivity index (χ1v) is 11.8. The van der Waals surface area contributed by atoms with Crippen molar-refractivity contribution in [2.24, 2.45) is 0 Å². The highest BCUT2D eigenvalue weighted by atomic mass is 19.1. The maximum Gasteiger partial charge on any atom is 0.181 e. The normalized spacial score (nSPS) is 11.4. The molecule has 6 rings (SSSR count). The average Bonchev–Trinajstić information content (AvgIpc) is 3.53. The fourth-order valence-corrected chi connectivity index (χ4v) is 4.46. The van der Waals surface area contributed by atoms with Gasteiger partial charge in [-0.2, -0.15) is 5.10 Å². The van der Waals surface area contributed by atoms with Crippen LogP contribution in [-0.2, 0) is 11.2 Å². The molecule has 0 atom stereocenters. The van der Waals surface area contributed by atoms with E-state index in [1.807, 2.05) is 43.3 Å². The van der Waals surface area contributed by atoms with Crippen LogP contribution in [0.1, 0.15) is 19.0 Å². The fraction of sp³-hybridized carbons (Fsp3) is 0.103. The lowest BCUT2D eigenvalue weighted by Gasteiger charge is -2.04. The van der Waals surface area contributed by atoms with Gasteiger partial charge in [-0.1, -0.05) is 37.3 Å². The Morgan fingerprint density at radius 3 is 2.47 bits per heavy atom. The van der Waals surface area contributed by atoms with Gasteiger partial charge in [0, 0.05) is 58.3 Å². The number of H-pyrrole nitrogens is 2. The highest BCUT2D eigenvalue weighted by Gasteiger charge is 2.15.